The second kappa shape index (κ2) is 8.88. The summed E-state index contributed by atoms with van der Waals surface area (Å²) in [5.74, 6) is 0.0430. The molecule has 0 aromatic heterocycles. The highest BCUT2D eigenvalue weighted by Gasteiger charge is 2.35. The first-order chi connectivity index (χ1) is 14.8. The van der Waals surface area contributed by atoms with Crippen molar-refractivity contribution in [3.63, 3.8) is 0 Å². The van der Waals surface area contributed by atoms with E-state index in [-0.39, 0.29) is 30.3 Å². The van der Waals surface area contributed by atoms with Crippen LogP contribution in [-0.2, 0) is 26.0 Å². The molecular formula is C22H32N4O4S. The Morgan fingerprint density at radius 3 is 2.58 bits per heavy atom. The van der Waals surface area contributed by atoms with Gasteiger partial charge in [0.2, 0.25) is 21.8 Å². The molecule has 4 rings (SSSR count). The molecule has 2 fully saturated rings. The molecule has 2 amide bonds. The van der Waals surface area contributed by atoms with Crippen molar-refractivity contribution in [1.29, 1.82) is 0 Å². The molecule has 3 aliphatic heterocycles. The first kappa shape index (κ1) is 22.2. The zero-order valence-corrected chi connectivity index (χ0v) is 19.2. The summed E-state index contributed by atoms with van der Waals surface area (Å²) >= 11 is 0. The molecule has 0 spiro atoms. The molecule has 0 aliphatic carbocycles. The number of amides is 2. The van der Waals surface area contributed by atoms with Gasteiger partial charge in [-0.3, -0.25) is 14.5 Å². The van der Waals surface area contributed by atoms with E-state index in [0.717, 1.165) is 36.9 Å². The van der Waals surface area contributed by atoms with Gasteiger partial charge in [0.05, 0.1) is 17.5 Å². The zero-order valence-electron chi connectivity index (χ0n) is 18.3. The summed E-state index contributed by atoms with van der Waals surface area (Å²) in [5.41, 5.74) is 1.69. The van der Waals surface area contributed by atoms with Crippen LogP contribution in [0.15, 0.2) is 23.1 Å². The number of rotatable bonds is 5. The number of hydrogen-bond donors (Lipinski definition) is 1. The molecular weight excluding hydrogens is 416 g/mol. The van der Waals surface area contributed by atoms with E-state index in [1.807, 2.05) is 18.7 Å². The molecule has 2 saturated heterocycles. The van der Waals surface area contributed by atoms with Crippen molar-refractivity contribution in [2.45, 2.75) is 50.5 Å². The number of carbonyl (C=O) groups excluding carboxylic acids is 2. The molecule has 8 nitrogen and oxygen atoms in total. The molecule has 170 valence electrons. The Hall–Kier alpha value is -1.97. The lowest BCUT2D eigenvalue weighted by Gasteiger charge is -2.38. The Kier molecular flexibility index (Phi) is 6.37. The maximum absolute atomic E-state index is 13.2. The van der Waals surface area contributed by atoms with Crippen LogP contribution >= 0.6 is 0 Å². The number of benzene rings is 1. The van der Waals surface area contributed by atoms with E-state index in [9.17, 15) is 18.0 Å². The number of hydrogen-bond acceptors (Lipinski definition) is 5. The minimum Gasteiger partial charge on any atom is -0.353 e. The van der Waals surface area contributed by atoms with Crippen LogP contribution in [0.5, 0.6) is 0 Å². The molecule has 9 heteroatoms. The highest BCUT2D eigenvalue weighted by molar-refractivity contribution is 7.89. The van der Waals surface area contributed by atoms with E-state index < -0.39 is 10.0 Å². The molecule has 3 heterocycles. The average molecular weight is 449 g/mol. The van der Waals surface area contributed by atoms with Crippen molar-refractivity contribution in [1.82, 2.24) is 14.5 Å². The van der Waals surface area contributed by atoms with Crippen LogP contribution in [-0.4, -0.2) is 74.7 Å². The number of nitrogens with one attached hydrogen (secondary N) is 1. The summed E-state index contributed by atoms with van der Waals surface area (Å²) in [6, 6.07) is 4.84. The number of anilines is 1. The minimum absolute atomic E-state index is 0.0233. The van der Waals surface area contributed by atoms with Crippen molar-refractivity contribution in [3.8, 4) is 0 Å². The third-order valence-electron chi connectivity index (χ3n) is 6.50. The quantitative estimate of drug-likeness (QED) is 0.731. The third-order valence-corrected chi connectivity index (χ3v) is 8.40. The summed E-state index contributed by atoms with van der Waals surface area (Å²) < 4.78 is 27.4. The van der Waals surface area contributed by atoms with E-state index >= 15 is 0 Å². The summed E-state index contributed by atoms with van der Waals surface area (Å²) in [5, 5.41) is 2.89. The lowest BCUT2D eigenvalue weighted by molar-refractivity contribution is -0.132. The maximum Gasteiger partial charge on any atom is 0.243 e. The van der Waals surface area contributed by atoms with Gasteiger partial charge in [-0.25, -0.2) is 8.42 Å². The van der Waals surface area contributed by atoms with Crippen molar-refractivity contribution >= 4 is 27.5 Å². The van der Waals surface area contributed by atoms with E-state index in [1.165, 1.54) is 0 Å². The van der Waals surface area contributed by atoms with Gasteiger partial charge in [-0.15, -0.1) is 0 Å². The Morgan fingerprint density at radius 1 is 1.13 bits per heavy atom. The molecule has 31 heavy (non-hydrogen) atoms. The summed E-state index contributed by atoms with van der Waals surface area (Å²) in [6.45, 7) is 7.11. The SMILES string of the molecule is CC(C)C1C(=O)NCCN1CC(=O)N1CCCc2cc(S(=O)(=O)N3CCCC3)ccc21. The molecule has 0 radical (unpaired) electrons. The molecule has 0 saturated carbocycles. The Bertz CT molecular complexity index is 956. The van der Waals surface area contributed by atoms with Crippen LogP contribution in [0, 0.1) is 5.92 Å². The van der Waals surface area contributed by atoms with Gasteiger partial charge in [0, 0.05) is 38.4 Å². The highest BCUT2D eigenvalue weighted by Crippen LogP contribution is 2.31. The molecule has 0 bridgehead atoms. The zero-order chi connectivity index (χ0) is 22.2. The number of sulfonamides is 1. The van der Waals surface area contributed by atoms with Gasteiger partial charge >= 0.3 is 0 Å². The van der Waals surface area contributed by atoms with Crippen molar-refractivity contribution in [3.05, 3.63) is 23.8 Å². The van der Waals surface area contributed by atoms with Crippen molar-refractivity contribution in [2.75, 3.05) is 44.2 Å². The van der Waals surface area contributed by atoms with E-state index in [0.29, 0.717) is 37.6 Å². The Morgan fingerprint density at radius 2 is 1.87 bits per heavy atom. The Balaban J connectivity index is 1.54. The molecule has 1 aromatic rings. The fraction of sp³-hybridized carbons (Fsp3) is 0.636. The summed E-state index contributed by atoms with van der Waals surface area (Å²) in [7, 11) is -3.48. The predicted octanol–water partition coefficient (Wildman–Crippen LogP) is 1.21. The summed E-state index contributed by atoms with van der Waals surface area (Å²) in [6.07, 6.45) is 3.35. The van der Waals surface area contributed by atoms with Crippen molar-refractivity contribution in [2.24, 2.45) is 5.92 Å². The first-order valence-electron chi connectivity index (χ1n) is 11.2. The first-order valence-corrected chi connectivity index (χ1v) is 12.7. The van der Waals surface area contributed by atoms with Gasteiger partial charge in [-0.2, -0.15) is 4.31 Å². The average Bonchev–Trinajstić information content (AvgIpc) is 3.28. The van der Waals surface area contributed by atoms with Gasteiger partial charge in [-0.05, 0) is 55.4 Å². The topological polar surface area (TPSA) is 90.0 Å². The molecule has 1 N–H and O–H groups in total. The van der Waals surface area contributed by atoms with Gasteiger partial charge in [0.25, 0.3) is 0 Å². The number of carbonyl (C=O) groups is 2. The number of nitrogens with zero attached hydrogens (tertiary/aromatic N) is 3. The fourth-order valence-corrected chi connectivity index (χ4v) is 6.53. The van der Waals surface area contributed by atoms with Crippen LogP contribution in [0.2, 0.25) is 0 Å². The van der Waals surface area contributed by atoms with E-state index in [4.69, 9.17) is 0 Å². The van der Waals surface area contributed by atoms with Crippen LogP contribution in [0.4, 0.5) is 5.69 Å². The fourth-order valence-electron chi connectivity index (χ4n) is 4.96. The molecule has 1 aromatic carbocycles. The largest absolute Gasteiger partial charge is 0.353 e. The van der Waals surface area contributed by atoms with E-state index in [1.54, 1.807) is 27.4 Å². The number of piperazine rings is 1. The molecule has 3 aliphatic rings. The highest BCUT2D eigenvalue weighted by atomic mass is 32.2. The Labute approximate surface area is 184 Å². The van der Waals surface area contributed by atoms with Crippen LogP contribution in [0.3, 0.4) is 0 Å². The standard InChI is InChI=1S/C22H32N4O4S/c1-16(2)21-22(28)23-9-13-24(21)15-20(27)26-12-5-6-17-14-18(7-8-19(17)26)31(29,30)25-10-3-4-11-25/h7-8,14,16,21H,3-6,9-13,15H2,1-2H3,(H,23,28). The van der Waals surface area contributed by atoms with Gasteiger partial charge < -0.3 is 10.2 Å². The number of aryl methyl sites for hydroxylation is 1. The molecule has 1 unspecified atom stereocenters. The smallest absolute Gasteiger partial charge is 0.243 e. The number of fused-ring (bicyclic) bond motifs is 1. The van der Waals surface area contributed by atoms with Crippen molar-refractivity contribution < 1.29 is 18.0 Å². The van der Waals surface area contributed by atoms with Crippen LogP contribution < -0.4 is 10.2 Å². The normalized spacial score (nSPS) is 23.1. The predicted molar refractivity (Wildman–Crippen MR) is 118 cm³/mol. The monoisotopic (exact) mass is 448 g/mol. The van der Waals surface area contributed by atoms with Gasteiger partial charge in [0.15, 0.2) is 0 Å². The lowest BCUT2D eigenvalue weighted by atomic mass is 9.99. The van der Waals surface area contributed by atoms with E-state index in [2.05, 4.69) is 5.32 Å². The van der Waals surface area contributed by atoms with Gasteiger partial charge in [-0.1, -0.05) is 13.8 Å². The van der Waals surface area contributed by atoms with Crippen LogP contribution in [0.25, 0.3) is 0 Å². The second-order valence-corrected chi connectivity index (χ2v) is 10.9. The lowest BCUT2D eigenvalue weighted by Crippen LogP contribution is -2.59. The minimum atomic E-state index is -3.48. The summed E-state index contributed by atoms with van der Waals surface area (Å²) in [4.78, 5) is 29.6. The maximum atomic E-state index is 13.2. The van der Waals surface area contributed by atoms with Crippen LogP contribution in [0.1, 0.15) is 38.7 Å². The third kappa shape index (κ3) is 4.36. The second-order valence-electron chi connectivity index (χ2n) is 9.00. The molecule has 1 atom stereocenters. The van der Waals surface area contributed by atoms with Gasteiger partial charge in [0.1, 0.15) is 0 Å².